The molecule has 0 radical (unpaired) electrons. The molecule has 1 aliphatic heterocycles. The molecule has 0 amide bonds. The lowest BCUT2D eigenvalue weighted by Gasteiger charge is -2.26. The summed E-state index contributed by atoms with van der Waals surface area (Å²) in [7, 11) is 3.66. The van der Waals surface area contributed by atoms with Crippen LogP contribution in [0, 0.1) is 0 Å². The topological polar surface area (TPSA) is 54.8 Å². The van der Waals surface area contributed by atoms with Crippen molar-refractivity contribution < 1.29 is 14.6 Å². The Bertz CT molecular complexity index is 638. The third kappa shape index (κ3) is 3.95. The number of hydrogen-bond acceptors (Lipinski definition) is 6. The third-order valence-electron chi connectivity index (χ3n) is 4.39. The highest BCUT2D eigenvalue weighted by molar-refractivity contribution is 7.09. The summed E-state index contributed by atoms with van der Waals surface area (Å²) < 4.78 is 10.9. The number of likely N-dealkylation sites (N-methyl/N-ethyl adjacent to an activating group) is 1. The van der Waals surface area contributed by atoms with Gasteiger partial charge in [-0.2, -0.15) is 0 Å². The van der Waals surface area contributed by atoms with Gasteiger partial charge in [0.2, 0.25) is 0 Å². The Hall–Kier alpha value is -1.47. The van der Waals surface area contributed by atoms with Crippen molar-refractivity contribution in [2.24, 2.45) is 0 Å². The van der Waals surface area contributed by atoms with Gasteiger partial charge in [-0.05, 0) is 37.6 Å². The maximum Gasteiger partial charge on any atom is 0.122 e. The van der Waals surface area contributed by atoms with Gasteiger partial charge in [-0.15, -0.1) is 11.3 Å². The molecule has 24 heavy (non-hydrogen) atoms. The Morgan fingerprint density at radius 1 is 1.42 bits per heavy atom. The normalized spacial score (nSPS) is 18.9. The number of nitrogens with zero attached hydrogens (tertiary/aromatic N) is 2. The maximum atomic E-state index is 9.82. The number of rotatable bonds is 7. The molecule has 3 rings (SSSR count). The summed E-state index contributed by atoms with van der Waals surface area (Å²) in [5.41, 5.74) is 2.09. The number of aliphatic hydroxyl groups excluding tert-OH is 1. The molecule has 1 aromatic heterocycles. The highest BCUT2D eigenvalue weighted by atomic mass is 32.1. The molecule has 6 heteroatoms. The van der Waals surface area contributed by atoms with Gasteiger partial charge in [0.25, 0.3) is 0 Å². The van der Waals surface area contributed by atoms with E-state index in [-0.39, 0.29) is 18.8 Å². The zero-order valence-corrected chi connectivity index (χ0v) is 15.0. The van der Waals surface area contributed by atoms with Crippen molar-refractivity contribution in [3.63, 3.8) is 0 Å². The zero-order valence-electron chi connectivity index (χ0n) is 14.1. The van der Waals surface area contributed by atoms with Crippen LogP contribution in [0.15, 0.2) is 29.6 Å². The summed E-state index contributed by atoms with van der Waals surface area (Å²) in [5.74, 6) is 0.818. The van der Waals surface area contributed by atoms with E-state index in [9.17, 15) is 5.11 Å². The Balaban J connectivity index is 1.66. The molecule has 1 saturated heterocycles. The van der Waals surface area contributed by atoms with Crippen LogP contribution >= 0.6 is 11.3 Å². The van der Waals surface area contributed by atoms with Gasteiger partial charge in [0, 0.05) is 18.5 Å². The van der Waals surface area contributed by atoms with Gasteiger partial charge in [0.15, 0.2) is 0 Å². The molecule has 1 fully saturated rings. The van der Waals surface area contributed by atoms with Crippen molar-refractivity contribution in [2.45, 2.75) is 31.5 Å². The van der Waals surface area contributed by atoms with E-state index in [2.05, 4.69) is 10.3 Å². The van der Waals surface area contributed by atoms with Crippen molar-refractivity contribution in [3.8, 4) is 5.75 Å². The Morgan fingerprint density at radius 2 is 2.21 bits per heavy atom. The Morgan fingerprint density at radius 3 is 2.83 bits per heavy atom. The molecular weight excluding hydrogens is 324 g/mol. The predicted molar refractivity (Wildman–Crippen MR) is 94.3 cm³/mol. The van der Waals surface area contributed by atoms with E-state index in [0.717, 1.165) is 41.5 Å². The first-order valence-corrected chi connectivity index (χ1v) is 9.10. The van der Waals surface area contributed by atoms with Crippen LogP contribution in [0.4, 0.5) is 0 Å². The monoisotopic (exact) mass is 348 g/mol. The quantitative estimate of drug-likeness (QED) is 0.833. The summed E-state index contributed by atoms with van der Waals surface area (Å²) in [5, 5.41) is 13.0. The number of methoxy groups -OCH3 is 1. The van der Waals surface area contributed by atoms with E-state index in [1.54, 1.807) is 18.4 Å². The fourth-order valence-corrected chi connectivity index (χ4v) is 3.90. The van der Waals surface area contributed by atoms with Crippen molar-refractivity contribution in [1.29, 1.82) is 0 Å². The van der Waals surface area contributed by atoms with Gasteiger partial charge in [-0.1, -0.05) is 12.1 Å². The van der Waals surface area contributed by atoms with Crippen LogP contribution in [0.2, 0.25) is 0 Å². The summed E-state index contributed by atoms with van der Waals surface area (Å²) >= 11 is 1.67. The number of aromatic nitrogens is 1. The van der Waals surface area contributed by atoms with Gasteiger partial charge in [0.1, 0.15) is 16.9 Å². The number of thiazole rings is 1. The maximum absolute atomic E-state index is 9.82. The smallest absolute Gasteiger partial charge is 0.122 e. The van der Waals surface area contributed by atoms with Crippen LogP contribution in [0.5, 0.6) is 5.75 Å². The molecule has 2 heterocycles. The van der Waals surface area contributed by atoms with Crippen LogP contribution in [-0.2, 0) is 11.3 Å². The Labute approximate surface area is 146 Å². The fraction of sp³-hybridized carbons (Fsp3) is 0.500. The van der Waals surface area contributed by atoms with Crippen LogP contribution in [-0.4, -0.2) is 42.4 Å². The minimum absolute atomic E-state index is 0.0611. The summed E-state index contributed by atoms with van der Waals surface area (Å²) in [6.45, 7) is 1.59. The molecule has 2 unspecified atom stereocenters. The van der Waals surface area contributed by atoms with Crippen molar-refractivity contribution in [1.82, 2.24) is 9.88 Å². The van der Waals surface area contributed by atoms with Gasteiger partial charge in [-0.3, -0.25) is 4.90 Å². The molecule has 2 aromatic rings. The molecule has 5 nitrogen and oxygen atoms in total. The number of aliphatic hydroxyl groups is 1. The number of ether oxygens (including phenoxy) is 2. The van der Waals surface area contributed by atoms with Crippen LogP contribution < -0.4 is 4.74 Å². The van der Waals surface area contributed by atoms with Crippen LogP contribution in [0.1, 0.15) is 41.3 Å². The van der Waals surface area contributed by atoms with E-state index >= 15 is 0 Å². The lowest BCUT2D eigenvalue weighted by molar-refractivity contribution is 0.111. The van der Waals surface area contributed by atoms with Crippen LogP contribution in [0.3, 0.4) is 0 Å². The third-order valence-corrected chi connectivity index (χ3v) is 5.38. The average Bonchev–Trinajstić information content (AvgIpc) is 3.27. The van der Waals surface area contributed by atoms with Crippen molar-refractivity contribution >= 4 is 11.3 Å². The largest absolute Gasteiger partial charge is 0.497 e. The van der Waals surface area contributed by atoms with Crippen molar-refractivity contribution in [3.05, 3.63) is 45.9 Å². The highest BCUT2D eigenvalue weighted by Crippen LogP contribution is 2.31. The number of hydrogen-bond donors (Lipinski definition) is 1. The zero-order chi connectivity index (χ0) is 16.9. The summed E-state index contributed by atoms with van der Waals surface area (Å²) in [6, 6.07) is 7.77. The average molecular weight is 348 g/mol. The minimum atomic E-state index is -0.0659. The molecule has 1 N–H and O–H groups in total. The molecule has 0 bridgehead atoms. The fourth-order valence-electron chi connectivity index (χ4n) is 3.01. The molecule has 1 aliphatic rings. The first kappa shape index (κ1) is 17.4. The van der Waals surface area contributed by atoms with E-state index in [4.69, 9.17) is 14.5 Å². The second-order valence-electron chi connectivity index (χ2n) is 6.07. The second kappa shape index (κ2) is 8.07. The van der Waals surface area contributed by atoms with Crippen LogP contribution in [0.25, 0.3) is 0 Å². The van der Waals surface area contributed by atoms with Gasteiger partial charge in [0.05, 0.1) is 25.5 Å². The van der Waals surface area contributed by atoms with E-state index in [0.29, 0.717) is 6.54 Å². The standard InChI is InChI=1S/C18H24N2O3S/c1-20(16(11-21)13-5-7-15(22-2)8-6-13)10-14-12-24-18(19-14)17-4-3-9-23-17/h5-8,12,16-17,21H,3-4,9-11H2,1-2H3. The Kier molecular flexibility index (Phi) is 5.84. The van der Waals surface area contributed by atoms with E-state index < -0.39 is 0 Å². The lowest BCUT2D eigenvalue weighted by atomic mass is 10.1. The first-order chi connectivity index (χ1) is 11.7. The molecule has 130 valence electrons. The van der Waals surface area contributed by atoms with E-state index in [1.165, 1.54) is 0 Å². The number of benzene rings is 1. The highest BCUT2D eigenvalue weighted by Gasteiger charge is 2.22. The second-order valence-corrected chi connectivity index (χ2v) is 6.96. The molecule has 0 saturated carbocycles. The van der Waals surface area contributed by atoms with Crippen molar-refractivity contribution in [2.75, 3.05) is 27.4 Å². The SMILES string of the molecule is COc1ccc(C(CO)N(C)Cc2csc(C3CCCO3)n2)cc1. The lowest BCUT2D eigenvalue weighted by Crippen LogP contribution is -2.27. The molecule has 1 aromatic carbocycles. The molecule has 2 atom stereocenters. The molecular formula is C18H24N2O3S. The summed E-state index contributed by atoms with van der Waals surface area (Å²) in [6.07, 6.45) is 2.35. The predicted octanol–water partition coefficient (Wildman–Crippen LogP) is 3.17. The van der Waals surface area contributed by atoms with Gasteiger partial charge < -0.3 is 14.6 Å². The molecule has 0 spiro atoms. The van der Waals surface area contributed by atoms with E-state index in [1.807, 2.05) is 31.3 Å². The van der Waals surface area contributed by atoms with Gasteiger partial charge in [-0.25, -0.2) is 4.98 Å². The minimum Gasteiger partial charge on any atom is -0.497 e. The summed E-state index contributed by atoms with van der Waals surface area (Å²) in [4.78, 5) is 6.84. The molecule has 0 aliphatic carbocycles. The van der Waals surface area contributed by atoms with Gasteiger partial charge >= 0.3 is 0 Å². The first-order valence-electron chi connectivity index (χ1n) is 8.22.